The molecule has 32 heteroatoms. The van der Waals surface area contributed by atoms with Gasteiger partial charge in [-0.15, -0.1) is 0 Å². The second kappa shape index (κ2) is 34.6. The van der Waals surface area contributed by atoms with Crippen LogP contribution in [0, 0.1) is 17.8 Å². The number of rotatable bonds is 37. The highest BCUT2D eigenvalue weighted by atomic mass is 16.4. The maximum Gasteiger partial charge on any atom is 0.326 e. The number of aliphatic hydroxyl groups is 1. The summed E-state index contributed by atoms with van der Waals surface area (Å²) in [6.45, 7) is 10.8. The highest BCUT2D eigenvalue weighted by molar-refractivity contribution is 6.00. The number of carbonyl (C=O) groups excluding carboxylic acids is 10. The van der Waals surface area contributed by atoms with Crippen molar-refractivity contribution >= 4 is 89.4 Å². The molecule has 466 valence electrons. The van der Waals surface area contributed by atoms with Crippen LogP contribution in [0.5, 0.6) is 0 Å². The molecule has 2 rings (SSSR count). The van der Waals surface area contributed by atoms with Gasteiger partial charge in [0.15, 0.2) is 0 Å². The van der Waals surface area contributed by atoms with Crippen LogP contribution < -0.4 is 47.9 Å². The standard InChI is InChI=1S/C52H77N11O21/c1-25(2)17-31(55-44(75)28(6)54-45(76)33(20-39(66)67)60-51(82)38-13-15-62(63(38)24-64)16-14-53-43(74)27(5)29(7)65)46(77)57-35(22-41(70)71)49(80)59-34(21-40(68)69)48(79)56-32(19-30-11-9-8-10-12-30)47(78)58-36(23-42(72)73)50(81)61-37(52(83)84)18-26(3)4/h8-12,24-29,31-38,65H,13-23H2,1-7H3,(H,53,74)(H,54,76)(H,55,75)(H,56,79)(H,57,77)(H,58,78)(H,59,80)(H,60,82)(H,61,81)(H,66,67)(H,68,69)(H,70,71)(H,72,73)(H,83,84). The molecular weight excluding hydrogens is 1110 g/mol. The Balaban J connectivity index is 2.33. The van der Waals surface area contributed by atoms with Crippen LogP contribution in [0.4, 0.5) is 0 Å². The van der Waals surface area contributed by atoms with E-state index in [1.807, 2.05) is 0 Å². The number of nitrogens with zero attached hydrogens (tertiary/aromatic N) is 2. The number of amides is 10. The lowest BCUT2D eigenvalue weighted by molar-refractivity contribution is -0.145. The normalized spacial score (nSPS) is 16.7. The van der Waals surface area contributed by atoms with E-state index in [2.05, 4.69) is 47.9 Å². The van der Waals surface area contributed by atoms with Crippen LogP contribution in [-0.2, 0) is 78.3 Å². The first-order valence-corrected chi connectivity index (χ1v) is 26.8. The second-order valence-corrected chi connectivity index (χ2v) is 20.9. The first kappa shape index (κ1) is 71.3. The molecule has 0 radical (unpaired) electrons. The SMILES string of the molecule is CC(C)CC(NC(=O)C(CC(=O)O)NC(=O)C(Cc1ccccc1)NC(=O)C(CC(=O)O)NC(=O)C(CC(=O)O)NC(=O)C(CC(C)C)NC(=O)C(C)NC(=O)C(CC(=O)O)NC(=O)C1CCN(CCNC(=O)C(C)C(C)O)N1C=O)C(=O)O. The molecule has 11 unspecified atom stereocenters. The number of carboxylic acid groups (broad SMARTS) is 5. The quantitative estimate of drug-likeness (QED) is 0.0281. The number of aliphatic carboxylic acids is 5. The van der Waals surface area contributed by atoms with Crippen LogP contribution in [0.1, 0.15) is 99.0 Å². The lowest BCUT2D eigenvalue weighted by Gasteiger charge is -2.29. The summed E-state index contributed by atoms with van der Waals surface area (Å²) in [5.74, 6) is -19.6. The highest BCUT2D eigenvalue weighted by Crippen LogP contribution is 2.18. The fraction of sp³-hybridized carbons (Fsp3) is 0.596. The van der Waals surface area contributed by atoms with Gasteiger partial charge in [0.2, 0.25) is 59.6 Å². The highest BCUT2D eigenvalue weighted by Gasteiger charge is 2.40. The molecule has 10 amide bonds. The molecule has 1 aliphatic heterocycles. The van der Waals surface area contributed by atoms with E-state index in [1.54, 1.807) is 45.9 Å². The summed E-state index contributed by atoms with van der Waals surface area (Å²) >= 11 is 0. The molecule has 1 aliphatic rings. The van der Waals surface area contributed by atoms with Gasteiger partial charge in [-0.05, 0) is 50.5 Å². The van der Waals surface area contributed by atoms with Gasteiger partial charge in [-0.25, -0.2) is 9.80 Å². The third kappa shape index (κ3) is 24.7. The van der Waals surface area contributed by atoms with E-state index < -0.39 is 187 Å². The number of hydrazine groups is 1. The Morgan fingerprint density at radius 3 is 1.33 bits per heavy atom. The minimum absolute atomic E-state index is 0.0154. The van der Waals surface area contributed by atoms with Crippen molar-refractivity contribution in [2.24, 2.45) is 17.8 Å². The largest absolute Gasteiger partial charge is 0.481 e. The van der Waals surface area contributed by atoms with Crippen LogP contribution in [-0.4, -0.2) is 210 Å². The monoisotopic (exact) mass is 1190 g/mol. The average Bonchev–Trinajstić information content (AvgIpc) is 4.08. The van der Waals surface area contributed by atoms with E-state index in [4.69, 9.17) is 0 Å². The van der Waals surface area contributed by atoms with E-state index in [0.717, 1.165) is 11.9 Å². The predicted molar refractivity (Wildman–Crippen MR) is 289 cm³/mol. The molecular formula is C52H77N11O21. The number of benzene rings is 1. The summed E-state index contributed by atoms with van der Waals surface area (Å²) in [6, 6.07) is -7.99. The molecule has 15 N–H and O–H groups in total. The molecule has 1 aromatic rings. The molecule has 0 bridgehead atoms. The molecule has 11 atom stereocenters. The molecule has 0 aromatic heterocycles. The minimum atomic E-state index is -2.14. The van der Waals surface area contributed by atoms with E-state index in [-0.39, 0.29) is 44.8 Å². The molecule has 0 aliphatic carbocycles. The summed E-state index contributed by atoms with van der Waals surface area (Å²) in [7, 11) is 0. The number of carbonyl (C=O) groups is 15. The number of nitrogens with one attached hydrogen (secondary N) is 9. The Bertz CT molecular complexity index is 2550. The van der Waals surface area contributed by atoms with Gasteiger partial charge < -0.3 is 78.5 Å². The van der Waals surface area contributed by atoms with Crippen molar-refractivity contribution in [2.45, 2.75) is 160 Å². The number of hydrogen-bond acceptors (Lipinski definition) is 17. The van der Waals surface area contributed by atoms with Gasteiger partial charge in [0, 0.05) is 26.1 Å². The summed E-state index contributed by atoms with van der Waals surface area (Å²) in [5.41, 5.74) is 0.359. The molecule has 1 saturated heterocycles. The summed E-state index contributed by atoms with van der Waals surface area (Å²) < 4.78 is 0. The number of aliphatic hydroxyl groups excluding tert-OH is 1. The third-order valence-electron chi connectivity index (χ3n) is 12.9. The van der Waals surface area contributed by atoms with Crippen molar-refractivity contribution in [3.8, 4) is 0 Å². The number of hydrogen-bond donors (Lipinski definition) is 15. The average molecular weight is 1190 g/mol. The van der Waals surface area contributed by atoms with Gasteiger partial charge in [0.05, 0.1) is 37.7 Å². The predicted octanol–water partition coefficient (Wildman–Crippen LogP) is -4.22. The summed E-state index contributed by atoms with van der Waals surface area (Å²) in [4.78, 5) is 194. The van der Waals surface area contributed by atoms with Crippen molar-refractivity contribution in [2.75, 3.05) is 19.6 Å². The summed E-state index contributed by atoms with van der Waals surface area (Å²) in [5, 5.41) is 80.9. The molecule has 1 aromatic carbocycles. The van der Waals surface area contributed by atoms with E-state index in [0.29, 0.717) is 12.0 Å². The van der Waals surface area contributed by atoms with Gasteiger partial charge in [-0.2, -0.15) is 0 Å². The van der Waals surface area contributed by atoms with Crippen molar-refractivity contribution in [1.29, 1.82) is 0 Å². The van der Waals surface area contributed by atoms with Gasteiger partial charge in [0.25, 0.3) is 0 Å². The molecule has 32 nitrogen and oxygen atoms in total. The molecule has 0 saturated carbocycles. The number of carboxylic acids is 5. The van der Waals surface area contributed by atoms with Crippen molar-refractivity contribution in [3.63, 3.8) is 0 Å². The van der Waals surface area contributed by atoms with Crippen molar-refractivity contribution < 1.29 is 103 Å². The van der Waals surface area contributed by atoms with Gasteiger partial charge in [-0.3, -0.25) is 72.1 Å². The molecule has 1 heterocycles. The van der Waals surface area contributed by atoms with Crippen LogP contribution in [0.2, 0.25) is 0 Å². The van der Waals surface area contributed by atoms with Gasteiger partial charge >= 0.3 is 29.8 Å². The van der Waals surface area contributed by atoms with E-state index >= 15 is 0 Å². The molecule has 1 fully saturated rings. The Morgan fingerprint density at radius 1 is 0.512 bits per heavy atom. The van der Waals surface area contributed by atoms with Gasteiger partial charge in [0.1, 0.15) is 54.4 Å². The first-order valence-electron chi connectivity index (χ1n) is 26.8. The summed E-state index contributed by atoms with van der Waals surface area (Å²) in [6.07, 6.45) is -5.78. The zero-order valence-corrected chi connectivity index (χ0v) is 47.4. The Morgan fingerprint density at radius 2 is 0.905 bits per heavy atom. The Labute approximate surface area is 482 Å². The second-order valence-electron chi connectivity index (χ2n) is 20.9. The van der Waals surface area contributed by atoms with E-state index in [9.17, 15) is 103 Å². The molecule has 84 heavy (non-hydrogen) atoms. The third-order valence-corrected chi connectivity index (χ3v) is 12.9. The minimum Gasteiger partial charge on any atom is -0.481 e. The van der Waals surface area contributed by atoms with Crippen LogP contribution >= 0.6 is 0 Å². The van der Waals surface area contributed by atoms with Crippen LogP contribution in [0.3, 0.4) is 0 Å². The Kier molecular flexibility index (Phi) is 29.4. The van der Waals surface area contributed by atoms with Crippen molar-refractivity contribution in [1.82, 2.24) is 57.9 Å². The molecule has 0 spiro atoms. The maximum absolute atomic E-state index is 14.0. The fourth-order valence-electron chi connectivity index (χ4n) is 8.32. The fourth-order valence-corrected chi connectivity index (χ4v) is 8.32. The zero-order chi connectivity index (χ0) is 63.7. The maximum atomic E-state index is 14.0. The first-order chi connectivity index (χ1) is 39.2. The lowest BCUT2D eigenvalue weighted by Crippen LogP contribution is -2.61. The van der Waals surface area contributed by atoms with Gasteiger partial charge in [-0.1, -0.05) is 65.0 Å². The van der Waals surface area contributed by atoms with Crippen LogP contribution in [0.15, 0.2) is 30.3 Å². The topological polar surface area (TPSA) is 492 Å². The lowest BCUT2D eigenvalue weighted by atomic mass is 10.0. The van der Waals surface area contributed by atoms with E-state index in [1.165, 1.54) is 31.0 Å². The Hall–Kier alpha value is -8.81. The smallest absolute Gasteiger partial charge is 0.326 e. The van der Waals surface area contributed by atoms with Crippen LogP contribution in [0.25, 0.3) is 0 Å². The zero-order valence-electron chi connectivity index (χ0n) is 47.4. The van der Waals surface area contributed by atoms with Crippen molar-refractivity contribution in [3.05, 3.63) is 35.9 Å².